The minimum absolute atomic E-state index is 0.0413. The maximum Gasteiger partial charge on any atom is 0.236 e. The quantitative estimate of drug-likeness (QED) is 0.585. The van der Waals surface area contributed by atoms with Gasteiger partial charge in [-0.15, -0.1) is 0 Å². The molecule has 2 amide bonds. The fourth-order valence-corrected chi connectivity index (χ4v) is 1.66. The number of rotatable bonds is 9. The third kappa shape index (κ3) is 8.82. The Kier molecular flexibility index (Phi) is 9.07. The molecule has 20 heavy (non-hydrogen) atoms. The summed E-state index contributed by atoms with van der Waals surface area (Å²) in [5.41, 5.74) is 5.41. The molecule has 0 spiro atoms. The summed E-state index contributed by atoms with van der Waals surface area (Å²) < 4.78 is 0. The Morgan fingerprint density at radius 3 is 2.35 bits per heavy atom. The van der Waals surface area contributed by atoms with Crippen molar-refractivity contribution in [3.8, 4) is 0 Å². The van der Waals surface area contributed by atoms with Gasteiger partial charge in [0.05, 0.1) is 18.1 Å². The molecule has 7 heteroatoms. The third-order valence-corrected chi connectivity index (χ3v) is 2.95. The van der Waals surface area contributed by atoms with Gasteiger partial charge in [0.1, 0.15) is 0 Å². The van der Waals surface area contributed by atoms with Crippen molar-refractivity contribution in [3.05, 3.63) is 0 Å². The van der Waals surface area contributed by atoms with Crippen LogP contribution in [0.15, 0.2) is 0 Å². The van der Waals surface area contributed by atoms with E-state index in [2.05, 4.69) is 5.32 Å². The summed E-state index contributed by atoms with van der Waals surface area (Å²) in [6.45, 7) is 7.32. The Bertz CT molecular complexity index is 347. The topological polar surface area (TPSA) is 78.7 Å². The molecule has 3 N–H and O–H groups in total. The number of nitrogens with zero attached hydrogens (tertiary/aromatic N) is 2. The van der Waals surface area contributed by atoms with Gasteiger partial charge in [-0.1, -0.05) is 19.1 Å². The molecule has 116 valence electrons. The average molecular weight is 302 g/mol. The second-order valence-electron chi connectivity index (χ2n) is 5.06. The van der Waals surface area contributed by atoms with E-state index in [-0.39, 0.29) is 30.9 Å². The van der Waals surface area contributed by atoms with E-state index in [0.29, 0.717) is 24.5 Å². The molecule has 0 atom stereocenters. The summed E-state index contributed by atoms with van der Waals surface area (Å²) in [4.78, 5) is 27.5. The molecule has 0 unspecified atom stereocenters. The standard InChI is InChI=1S/C13H26N4O2S/c1-5-17(8-12(18)15-10(2)3)9-13(19)16(4)7-6-11(14)20/h10H,5-9H2,1-4H3,(H2,14,20)(H,15,18). The first-order valence-electron chi connectivity index (χ1n) is 6.80. The highest BCUT2D eigenvalue weighted by Crippen LogP contribution is 1.95. The average Bonchev–Trinajstić information content (AvgIpc) is 2.33. The van der Waals surface area contributed by atoms with E-state index < -0.39 is 0 Å². The van der Waals surface area contributed by atoms with Crippen molar-refractivity contribution >= 4 is 29.0 Å². The van der Waals surface area contributed by atoms with Crippen LogP contribution in [0, 0.1) is 0 Å². The van der Waals surface area contributed by atoms with Gasteiger partial charge in [0, 0.05) is 26.1 Å². The Morgan fingerprint density at radius 2 is 1.90 bits per heavy atom. The van der Waals surface area contributed by atoms with E-state index in [1.165, 1.54) is 0 Å². The highest BCUT2D eigenvalue weighted by molar-refractivity contribution is 7.80. The number of amides is 2. The molecule has 6 nitrogen and oxygen atoms in total. The monoisotopic (exact) mass is 302 g/mol. The minimum Gasteiger partial charge on any atom is -0.393 e. The number of carbonyl (C=O) groups excluding carboxylic acids is 2. The largest absolute Gasteiger partial charge is 0.393 e. The molecule has 0 aliphatic heterocycles. The van der Waals surface area contributed by atoms with Crippen LogP contribution >= 0.6 is 12.2 Å². The van der Waals surface area contributed by atoms with Crippen molar-refractivity contribution in [2.45, 2.75) is 33.2 Å². The van der Waals surface area contributed by atoms with Gasteiger partial charge >= 0.3 is 0 Å². The van der Waals surface area contributed by atoms with Crippen molar-refractivity contribution in [1.29, 1.82) is 0 Å². The van der Waals surface area contributed by atoms with Crippen molar-refractivity contribution in [3.63, 3.8) is 0 Å². The first-order valence-corrected chi connectivity index (χ1v) is 7.21. The van der Waals surface area contributed by atoms with E-state index in [9.17, 15) is 9.59 Å². The van der Waals surface area contributed by atoms with Crippen LogP contribution < -0.4 is 11.1 Å². The Hall–Kier alpha value is -1.21. The van der Waals surface area contributed by atoms with Gasteiger partial charge in [-0.05, 0) is 20.4 Å². The zero-order valence-electron chi connectivity index (χ0n) is 12.8. The van der Waals surface area contributed by atoms with Gasteiger partial charge in [-0.25, -0.2) is 0 Å². The summed E-state index contributed by atoms with van der Waals surface area (Å²) in [6, 6.07) is 0.102. The number of nitrogens with two attached hydrogens (primary N) is 1. The lowest BCUT2D eigenvalue weighted by Gasteiger charge is -2.23. The summed E-state index contributed by atoms with van der Waals surface area (Å²) in [5, 5.41) is 2.81. The molecule has 0 rings (SSSR count). The lowest BCUT2D eigenvalue weighted by atomic mass is 10.3. The number of hydrogen-bond acceptors (Lipinski definition) is 4. The molecule has 0 bridgehead atoms. The fourth-order valence-electron chi connectivity index (χ4n) is 1.56. The van der Waals surface area contributed by atoms with Crippen LogP contribution in [0.25, 0.3) is 0 Å². The molecule has 0 saturated heterocycles. The second-order valence-corrected chi connectivity index (χ2v) is 5.58. The Morgan fingerprint density at radius 1 is 1.30 bits per heavy atom. The zero-order valence-corrected chi connectivity index (χ0v) is 13.6. The van der Waals surface area contributed by atoms with Crippen LogP contribution in [-0.2, 0) is 9.59 Å². The number of thiocarbonyl (C=S) groups is 1. The zero-order chi connectivity index (χ0) is 15.7. The second kappa shape index (κ2) is 9.66. The summed E-state index contributed by atoms with van der Waals surface area (Å²) in [5.74, 6) is -0.110. The molecule has 0 aromatic rings. The highest BCUT2D eigenvalue weighted by Gasteiger charge is 2.16. The highest BCUT2D eigenvalue weighted by atomic mass is 32.1. The van der Waals surface area contributed by atoms with Gasteiger partial charge in [-0.3, -0.25) is 14.5 Å². The Labute approximate surface area is 126 Å². The fraction of sp³-hybridized carbons (Fsp3) is 0.769. The molecule has 0 heterocycles. The van der Waals surface area contributed by atoms with Gasteiger partial charge in [0.25, 0.3) is 0 Å². The van der Waals surface area contributed by atoms with Crippen LogP contribution in [0.3, 0.4) is 0 Å². The minimum atomic E-state index is -0.0690. The van der Waals surface area contributed by atoms with E-state index in [1.807, 2.05) is 20.8 Å². The van der Waals surface area contributed by atoms with E-state index in [1.54, 1.807) is 16.8 Å². The molecule has 0 aromatic heterocycles. The molecule has 0 radical (unpaired) electrons. The lowest BCUT2D eigenvalue weighted by molar-refractivity contribution is -0.131. The van der Waals surface area contributed by atoms with Crippen molar-refractivity contribution in [2.75, 3.05) is 33.2 Å². The van der Waals surface area contributed by atoms with Crippen molar-refractivity contribution < 1.29 is 9.59 Å². The lowest BCUT2D eigenvalue weighted by Crippen LogP contribution is -2.44. The van der Waals surface area contributed by atoms with Crippen molar-refractivity contribution in [2.24, 2.45) is 5.73 Å². The van der Waals surface area contributed by atoms with E-state index in [4.69, 9.17) is 18.0 Å². The van der Waals surface area contributed by atoms with Crippen molar-refractivity contribution in [1.82, 2.24) is 15.1 Å². The summed E-state index contributed by atoms with van der Waals surface area (Å²) >= 11 is 4.78. The third-order valence-electron chi connectivity index (χ3n) is 2.74. The maximum atomic E-state index is 12.0. The van der Waals surface area contributed by atoms with Gasteiger partial charge in [-0.2, -0.15) is 0 Å². The molecule has 0 fully saturated rings. The van der Waals surface area contributed by atoms with E-state index >= 15 is 0 Å². The van der Waals surface area contributed by atoms with Crippen LogP contribution in [0.1, 0.15) is 27.2 Å². The Balaban J connectivity index is 4.23. The first-order chi connectivity index (χ1) is 9.26. The van der Waals surface area contributed by atoms with E-state index in [0.717, 1.165) is 0 Å². The molecule has 0 aliphatic rings. The van der Waals surface area contributed by atoms with Crippen LogP contribution in [0.4, 0.5) is 0 Å². The number of hydrogen-bond donors (Lipinski definition) is 2. The first kappa shape index (κ1) is 18.8. The molecular weight excluding hydrogens is 276 g/mol. The van der Waals surface area contributed by atoms with Crippen LogP contribution in [-0.4, -0.2) is 65.9 Å². The molecular formula is C13H26N4O2S. The summed E-state index contributed by atoms with van der Waals surface area (Å²) in [6.07, 6.45) is 0.511. The van der Waals surface area contributed by atoms with Crippen LogP contribution in [0.5, 0.6) is 0 Å². The smallest absolute Gasteiger partial charge is 0.236 e. The molecule has 0 aliphatic carbocycles. The number of carbonyl (C=O) groups is 2. The molecule has 0 saturated carbocycles. The number of likely N-dealkylation sites (N-methyl/N-ethyl adjacent to an activating group) is 2. The maximum absolute atomic E-state index is 12.0. The predicted molar refractivity (Wildman–Crippen MR) is 84.4 cm³/mol. The normalized spacial score (nSPS) is 10.7. The van der Waals surface area contributed by atoms with Gasteiger partial charge < -0.3 is 16.0 Å². The SMILES string of the molecule is CCN(CC(=O)NC(C)C)CC(=O)N(C)CCC(N)=S. The number of nitrogens with one attached hydrogen (secondary N) is 1. The van der Waals surface area contributed by atoms with Crippen LogP contribution in [0.2, 0.25) is 0 Å². The van der Waals surface area contributed by atoms with Gasteiger partial charge in [0.15, 0.2) is 0 Å². The van der Waals surface area contributed by atoms with Gasteiger partial charge in [0.2, 0.25) is 11.8 Å². The predicted octanol–water partition coefficient (Wildman–Crippen LogP) is -0.0325. The summed E-state index contributed by atoms with van der Waals surface area (Å²) in [7, 11) is 1.71. The molecule has 0 aromatic carbocycles.